The number of aromatic nitrogens is 1. The second kappa shape index (κ2) is 5.81. The van der Waals surface area contributed by atoms with Gasteiger partial charge in [-0.15, -0.1) is 0 Å². The van der Waals surface area contributed by atoms with Crippen molar-refractivity contribution in [3.05, 3.63) is 59.3 Å². The first-order valence-corrected chi connectivity index (χ1v) is 8.54. The number of sulfonamides is 1. The van der Waals surface area contributed by atoms with E-state index in [-0.39, 0.29) is 5.56 Å². The van der Waals surface area contributed by atoms with E-state index in [0.717, 1.165) is 12.6 Å². The van der Waals surface area contributed by atoms with E-state index in [2.05, 4.69) is 4.98 Å². The van der Waals surface area contributed by atoms with Gasteiger partial charge >= 0.3 is 5.97 Å². The molecular formula is C16H14N2O5S. The van der Waals surface area contributed by atoms with Crippen LogP contribution in [-0.2, 0) is 21.2 Å². The molecule has 1 aromatic heterocycles. The third-order valence-electron chi connectivity index (χ3n) is 3.89. The smallest absolute Gasteiger partial charge is 0.330 e. The van der Waals surface area contributed by atoms with Crippen molar-refractivity contribution < 1.29 is 23.1 Å². The number of Topliss-reactive ketones (excluding diaryl/α,β-unsaturated/α-hetero) is 1. The maximum Gasteiger partial charge on any atom is 0.330 e. The average Bonchev–Trinajstić information content (AvgIpc) is 2.54. The minimum atomic E-state index is -4.12. The molecule has 7 nitrogen and oxygen atoms in total. The molecule has 3 rings (SSSR count). The van der Waals surface area contributed by atoms with E-state index < -0.39 is 32.8 Å². The fraction of sp³-hybridized carbons (Fsp3) is 0.188. The van der Waals surface area contributed by atoms with Crippen LogP contribution in [0.25, 0.3) is 0 Å². The van der Waals surface area contributed by atoms with Crippen LogP contribution in [0.1, 0.15) is 21.5 Å². The van der Waals surface area contributed by atoms with Crippen molar-refractivity contribution in [1.82, 2.24) is 9.29 Å². The summed E-state index contributed by atoms with van der Waals surface area (Å²) >= 11 is 0. The average molecular weight is 346 g/mol. The molecule has 1 unspecified atom stereocenters. The Morgan fingerprint density at radius 1 is 1.25 bits per heavy atom. The number of likely N-dealkylation sites (N-methyl/N-ethyl adjacent to an activating group) is 1. The molecule has 24 heavy (non-hydrogen) atoms. The Labute approximate surface area is 138 Å². The van der Waals surface area contributed by atoms with Gasteiger partial charge in [0.15, 0.2) is 16.9 Å². The van der Waals surface area contributed by atoms with Gasteiger partial charge in [0.2, 0.25) is 0 Å². The number of carboxylic acid groups (broad SMARTS) is 1. The molecule has 1 aromatic carbocycles. The third-order valence-corrected chi connectivity index (χ3v) is 5.68. The van der Waals surface area contributed by atoms with Crippen molar-refractivity contribution in [1.29, 1.82) is 0 Å². The Morgan fingerprint density at radius 3 is 2.54 bits per heavy atom. The topological polar surface area (TPSA) is 105 Å². The molecule has 0 saturated carbocycles. The van der Waals surface area contributed by atoms with Gasteiger partial charge in [-0.05, 0) is 23.6 Å². The molecule has 1 aliphatic heterocycles. The van der Waals surface area contributed by atoms with Crippen molar-refractivity contribution in [2.45, 2.75) is 17.5 Å². The predicted molar refractivity (Wildman–Crippen MR) is 84.2 cm³/mol. The molecule has 1 atom stereocenters. The molecule has 0 fully saturated rings. The number of carboxylic acids is 1. The van der Waals surface area contributed by atoms with Crippen LogP contribution in [0.4, 0.5) is 0 Å². The lowest BCUT2D eigenvalue weighted by molar-refractivity contribution is -0.139. The Morgan fingerprint density at radius 2 is 1.92 bits per heavy atom. The summed E-state index contributed by atoms with van der Waals surface area (Å²) < 4.78 is 25.3. The Hall–Kier alpha value is -2.58. The highest BCUT2D eigenvalue weighted by molar-refractivity contribution is 7.89. The van der Waals surface area contributed by atoms with Gasteiger partial charge in [0, 0.05) is 13.2 Å². The van der Waals surface area contributed by atoms with E-state index in [4.69, 9.17) is 0 Å². The number of aliphatic carboxylic acids is 1. The highest BCUT2D eigenvalue weighted by atomic mass is 32.2. The fourth-order valence-corrected chi connectivity index (χ4v) is 4.02. The first kappa shape index (κ1) is 16.3. The number of ketones is 1. The van der Waals surface area contributed by atoms with Crippen molar-refractivity contribution in [3.63, 3.8) is 0 Å². The molecule has 8 heteroatoms. The van der Waals surface area contributed by atoms with Crippen LogP contribution >= 0.6 is 0 Å². The van der Waals surface area contributed by atoms with Crippen molar-refractivity contribution in [2.24, 2.45) is 0 Å². The molecule has 2 aromatic rings. The summed E-state index contributed by atoms with van der Waals surface area (Å²) in [4.78, 5) is 27.7. The first-order valence-electron chi connectivity index (χ1n) is 7.10. The lowest BCUT2D eigenvalue weighted by atomic mass is 10.0. The second-order valence-corrected chi connectivity index (χ2v) is 7.40. The molecule has 1 N–H and O–H groups in total. The largest absolute Gasteiger partial charge is 0.480 e. The molecule has 0 bridgehead atoms. The number of benzene rings is 1. The summed E-state index contributed by atoms with van der Waals surface area (Å²) in [6.45, 7) is 0. The maximum atomic E-state index is 12.4. The van der Waals surface area contributed by atoms with Crippen LogP contribution in [0.5, 0.6) is 0 Å². The van der Waals surface area contributed by atoms with E-state index in [1.54, 1.807) is 0 Å². The first-order chi connectivity index (χ1) is 11.3. The van der Waals surface area contributed by atoms with Gasteiger partial charge in [0.25, 0.3) is 10.0 Å². The van der Waals surface area contributed by atoms with E-state index in [1.807, 2.05) is 30.3 Å². The normalized spacial score (nSPS) is 19.7. The minimum absolute atomic E-state index is 0.172. The van der Waals surface area contributed by atoms with Gasteiger partial charge in [-0.25, -0.2) is 18.2 Å². The Bertz CT molecular complexity index is 925. The van der Waals surface area contributed by atoms with Crippen LogP contribution in [0.2, 0.25) is 0 Å². The SMILES string of the molecule is CN1C(C(=O)O)C(=O)c2cc(Cc3ccccc3)cnc2S1(=O)=O. The zero-order valence-corrected chi connectivity index (χ0v) is 13.5. The lowest BCUT2D eigenvalue weighted by Gasteiger charge is -2.28. The van der Waals surface area contributed by atoms with Crippen molar-refractivity contribution in [2.75, 3.05) is 7.05 Å². The van der Waals surface area contributed by atoms with E-state index in [1.165, 1.54) is 12.3 Å². The summed E-state index contributed by atoms with van der Waals surface area (Å²) in [5.74, 6) is -2.29. The number of rotatable bonds is 3. The predicted octanol–water partition coefficient (Wildman–Crippen LogP) is 0.942. The maximum absolute atomic E-state index is 12.4. The number of carbonyl (C=O) groups is 2. The zero-order chi connectivity index (χ0) is 17.5. The molecular weight excluding hydrogens is 332 g/mol. The second-order valence-electron chi connectivity index (χ2n) is 5.48. The van der Waals surface area contributed by atoms with Gasteiger partial charge in [-0.3, -0.25) is 4.79 Å². The van der Waals surface area contributed by atoms with Crippen LogP contribution in [0.15, 0.2) is 47.6 Å². The third kappa shape index (κ3) is 2.59. The van der Waals surface area contributed by atoms with E-state index in [9.17, 15) is 23.1 Å². The summed E-state index contributed by atoms with van der Waals surface area (Å²) in [7, 11) is -3.05. The summed E-state index contributed by atoms with van der Waals surface area (Å²) in [6.07, 6.45) is 1.85. The number of nitrogens with zero attached hydrogens (tertiary/aromatic N) is 2. The molecule has 0 saturated heterocycles. The number of hydrogen-bond donors (Lipinski definition) is 1. The quantitative estimate of drug-likeness (QED) is 0.830. The molecule has 0 aliphatic carbocycles. The Balaban J connectivity index is 2.08. The molecule has 124 valence electrons. The van der Waals surface area contributed by atoms with Gasteiger partial charge in [-0.2, -0.15) is 4.31 Å². The number of carbonyl (C=O) groups excluding carboxylic acids is 1. The summed E-state index contributed by atoms with van der Waals surface area (Å²) in [5.41, 5.74) is 1.43. The zero-order valence-electron chi connectivity index (χ0n) is 12.7. The summed E-state index contributed by atoms with van der Waals surface area (Å²) in [5, 5.41) is 8.80. The summed E-state index contributed by atoms with van der Waals surface area (Å²) in [6, 6.07) is 9.04. The van der Waals surface area contributed by atoms with E-state index in [0.29, 0.717) is 16.3 Å². The van der Waals surface area contributed by atoms with Gasteiger partial charge in [0.05, 0.1) is 5.56 Å². The number of fused-ring (bicyclic) bond motifs is 1. The number of hydrogen-bond acceptors (Lipinski definition) is 5. The van der Waals surface area contributed by atoms with Gasteiger partial charge < -0.3 is 5.11 Å². The van der Waals surface area contributed by atoms with Gasteiger partial charge in [-0.1, -0.05) is 30.3 Å². The molecule has 2 heterocycles. The molecule has 1 aliphatic rings. The van der Waals surface area contributed by atoms with Gasteiger partial charge in [0.1, 0.15) is 0 Å². The minimum Gasteiger partial charge on any atom is -0.480 e. The van der Waals surface area contributed by atoms with Crippen LogP contribution < -0.4 is 0 Å². The van der Waals surface area contributed by atoms with Crippen LogP contribution in [0, 0.1) is 0 Å². The van der Waals surface area contributed by atoms with Crippen molar-refractivity contribution >= 4 is 21.8 Å². The van der Waals surface area contributed by atoms with Crippen LogP contribution in [-0.4, -0.2) is 47.7 Å². The number of pyridine rings is 1. The van der Waals surface area contributed by atoms with E-state index >= 15 is 0 Å². The lowest BCUT2D eigenvalue weighted by Crippen LogP contribution is -2.51. The molecule has 0 amide bonds. The van der Waals surface area contributed by atoms with Crippen molar-refractivity contribution in [3.8, 4) is 0 Å². The Kier molecular flexibility index (Phi) is 3.94. The van der Waals surface area contributed by atoms with Crippen LogP contribution in [0.3, 0.4) is 0 Å². The fourth-order valence-electron chi connectivity index (χ4n) is 2.66. The monoisotopic (exact) mass is 346 g/mol. The highest BCUT2D eigenvalue weighted by Crippen LogP contribution is 2.28. The standard InChI is InChI=1S/C16H14N2O5S/c1-18-13(16(20)21)14(19)12-8-11(7-10-5-3-2-4-6-10)9-17-15(12)24(18,22)23/h2-6,8-9,13H,7H2,1H3,(H,20,21). The molecule has 0 radical (unpaired) electrons. The molecule has 0 spiro atoms. The highest BCUT2D eigenvalue weighted by Gasteiger charge is 2.46.